The number of fused-ring (bicyclic) bond motifs is 2. The van der Waals surface area contributed by atoms with E-state index in [1.54, 1.807) is 7.11 Å². The summed E-state index contributed by atoms with van der Waals surface area (Å²) in [6, 6.07) is 7.39. The molecule has 0 amide bonds. The number of rotatable bonds is 3. The van der Waals surface area contributed by atoms with E-state index in [1.807, 2.05) is 0 Å². The van der Waals surface area contributed by atoms with Gasteiger partial charge in [-0.05, 0) is 67.7 Å². The van der Waals surface area contributed by atoms with Gasteiger partial charge in [0.25, 0.3) is 0 Å². The van der Waals surface area contributed by atoms with Gasteiger partial charge in [0.15, 0.2) is 0 Å². The summed E-state index contributed by atoms with van der Waals surface area (Å²) in [6.45, 7) is 2.68. The molecule has 1 aliphatic heterocycles. The molecule has 0 spiro atoms. The zero-order valence-corrected chi connectivity index (χ0v) is 11.8. The molecule has 102 valence electrons. The maximum Gasteiger partial charge on any atom is 0.122 e. The Morgan fingerprint density at radius 3 is 2.89 bits per heavy atom. The van der Waals surface area contributed by atoms with Gasteiger partial charge in [0.2, 0.25) is 0 Å². The van der Waals surface area contributed by atoms with Crippen LogP contribution in [-0.2, 0) is 12.8 Å². The lowest BCUT2D eigenvalue weighted by atomic mass is 9.80. The van der Waals surface area contributed by atoms with Crippen LogP contribution in [0.15, 0.2) is 18.2 Å². The smallest absolute Gasteiger partial charge is 0.122 e. The monoisotopic (exact) mass is 257 g/mol. The Bertz CT molecular complexity index is 480. The van der Waals surface area contributed by atoms with Crippen molar-refractivity contribution in [3.63, 3.8) is 0 Å². The van der Waals surface area contributed by atoms with E-state index in [2.05, 4.69) is 23.1 Å². The van der Waals surface area contributed by atoms with Crippen LogP contribution in [0.2, 0.25) is 0 Å². The van der Waals surface area contributed by atoms with Crippen LogP contribution in [0.3, 0.4) is 0 Å². The van der Waals surface area contributed by atoms with Crippen molar-refractivity contribution in [2.75, 3.05) is 20.2 Å². The molecule has 0 aromatic heterocycles. The summed E-state index contributed by atoms with van der Waals surface area (Å²) in [5.41, 5.74) is 3.02. The van der Waals surface area contributed by atoms with E-state index in [0.717, 1.165) is 23.6 Å². The van der Waals surface area contributed by atoms with Crippen molar-refractivity contribution < 1.29 is 4.74 Å². The van der Waals surface area contributed by atoms with Gasteiger partial charge in [-0.25, -0.2) is 0 Å². The van der Waals surface area contributed by atoms with Crippen molar-refractivity contribution in [1.82, 2.24) is 4.90 Å². The molecule has 2 fully saturated rings. The summed E-state index contributed by atoms with van der Waals surface area (Å²) < 4.78 is 5.55. The molecular weight excluding hydrogens is 234 g/mol. The summed E-state index contributed by atoms with van der Waals surface area (Å²) >= 11 is 0. The number of benzene rings is 1. The Morgan fingerprint density at radius 1 is 1.21 bits per heavy atom. The number of hydrogen-bond donors (Lipinski definition) is 0. The van der Waals surface area contributed by atoms with E-state index in [0.29, 0.717) is 0 Å². The van der Waals surface area contributed by atoms with Crippen molar-refractivity contribution >= 4 is 0 Å². The Hall–Kier alpha value is -1.02. The van der Waals surface area contributed by atoms with Crippen LogP contribution < -0.4 is 4.74 Å². The molecule has 4 rings (SSSR count). The Labute approximate surface area is 115 Å². The van der Waals surface area contributed by atoms with Crippen LogP contribution >= 0.6 is 0 Å². The van der Waals surface area contributed by atoms with Gasteiger partial charge in [0.1, 0.15) is 5.75 Å². The molecule has 0 unspecified atom stereocenters. The highest BCUT2D eigenvalue weighted by atomic mass is 16.5. The lowest BCUT2D eigenvalue weighted by Gasteiger charge is -2.33. The van der Waals surface area contributed by atoms with Crippen molar-refractivity contribution in [3.05, 3.63) is 29.3 Å². The maximum absolute atomic E-state index is 5.55. The topological polar surface area (TPSA) is 12.5 Å². The van der Waals surface area contributed by atoms with E-state index in [9.17, 15) is 0 Å². The zero-order valence-electron chi connectivity index (χ0n) is 11.8. The number of methoxy groups -OCH3 is 1. The molecule has 2 nitrogen and oxygen atoms in total. The van der Waals surface area contributed by atoms with Gasteiger partial charge in [-0.2, -0.15) is 0 Å². The average Bonchev–Trinajstić information content (AvgIpc) is 3.18. The van der Waals surface area contributed by atoms with Gasteiger partial charge in [0.05, 0.1) is 7.11 Å². The van der Waals surface area contributed by atoms with Crippen molar-refractivity contribution in [1.29, 1.82) is 0 Å². The molecule has 2 atom stereocenters. The van der Waals surface area contributed by atoms with Crippen LogP contribution in [-0.4, -0.2) is 31.1 Å². The summed E-state index contributed by atoms with van der Waals surface area (Å²) in [5.74, 6) is 2.99. The summed E-state index contributed by atoms with van der Waals surface area (Å²) in [6.07, 6.45) is 6.79. The predicted octanol–water partition coefficient (Wildman–Crippen LogP) is 2.89. The third-order valence-electron chi connectivity index (χ3n) is 5.34. The van der Waals surface area contributed by atoms with E-state index in [-0.39, 0.29) is 0 Å². The first kappa shape index (κ1) is 11.8. The minimum absolute atomic E-state index is 0.806. The minimum Gasteiger partial charge on any atom is -0.496 e. The SMILES string of the molecule is COc1cccc2c1C[C@@H]1CCN(CC3CC3)[C@@H]1C2. The third-order valence-corrected chi connectivity index (χ3v) is 5.34. The molecule has 1 saturated heterocycles. The largest absolute Gasteiger partial charge is 0.496 e. The second-order valence-electron chi connectivity index (χ2n) is 6.56. The van der Waals surface area contributed by atoms with E-state index >= 15 is 0 Å². The Kier molecular flexibility index (Phi) is 2.80. The van der Waals surface area contributed by atoms with Crippen LogP contribution in [0.25, 0.3) is 0 Å². The van der Waals surface area contributed by atoms with Crippen molar-refractivity contribution in [3.8, 4) is 5.75 Å². The zero-order chi connectivity index (χ0) is 12.8. The van der Waals surface area contributed by atoms with E-state index < -0.39 is 0 Å². The first-order valence-electron chi connectivity index (χ1n) is 7.74. The maximum atomic E-state index is 5.55. The summed E-state index contributed by atoms with van der Waals surface area (Å²) in [5, 5.41) is 0. The number of likely N-dealkylation sites (tertiary alicyclic amines) is 1. The Morgan fingerprint density at radius 2 is 2.11 bits per heavy atom. The first-order chi connectivity index (χ1) is 9.35. The number of hydrogen-bond acceptors (Lipinski definition) is 2. The first-order valence-corrected chi connectivity index (χ1v) is 7.74. The fourth-order valence-corrected chi connectivity index (χ4v) is 4.09. The predicted molar refractivity (Wildman–Crippen MR) is 76.6 cm³/mol. The number of nitrogens with zero attached hydrogens (tertiary/aromatic N) is 1. The minimum atomic E-state index is 0.806. The lowest BCUT2D eigenvalue weighted by molar-refractivity contribution is 0.207. The van der Waals surface area contributed by atoms with Gasteiger partial charge in [-0.3, -0.25) is 4.90 Å². The standard InChI is InChI=1S/C17H23NO/c1-19-17-4-2-3-13-10-16-14(9-15(13)17)7-8-18(16)11-12-5-6-12/h2-4,12,14,16H,5-11H2,1H3/t14-,16+/m0/s1. The van der Waals surface area contributed by atoms with Crippen LogP contribution in [0.4, 0.5) is 0 Å². The highest BCUT2D eigenvalue weighted by molar-refractivity contribution is 5.43. The van der Waals surface area contributed by atoms with Crippen molar-refractivity contribution in [2.24, 2.45) is 11.8 Å². The highest BCUT2D eigenvalue weighted by Gasteiger charge is 2.40. The van der Waals surface area contributed by atoms with Gasteiger partial charge in [-0.1, -0.05) is 12.1 Å². The van der Waals surface area contributed by atoms with Gasteiger partial charge in [-0.15, -0.1) is 0 Å². The Balaban J connectivity index is 1.59. The van der Waals surface area contributed by atoms with E-state index in [4.69, 9.17) is 4.74 Å². The molecule has 0 bridgehead atoms. The molecule has 2 aliphatic carbocycles. The lowest BCUT2D eigenvalue weighted by Crippen LogP contribution is -2.39. The van der Waals surface area contributed by atoms with E-state index in [1.165, 1.54) is 56.3 Å². The molecule has 1 heterocycles. The van der Waals surface area contributed by atoms with Crippen molar-refractivity contribution in [2.45, 2.75) is 38.1 Å². The molecule has 1 aromatic rings. The second-order valence-corrected chi connectivity index (χ2v) is 6.56. The molecule has 1 aromatic carbocycles. The van der Waals surface area contributed by atoms with Crippen LogP contribution in [0.5, 0.6) is 5.75 Å². The molecule has 3 aliphatic rings. The van der Waals surface area contributed by atoms with Crippen LogP contribution in [0, 0.1) is 11.8 Å². The molecule has 0 radical (unpaired) electrons. The molecular formula is C17H23NO. The quantitative estimate of drug-likeness (QED) is 0.825. The summed E-state index contributed by atoms with van der Waals surface area (Å²) in [7, 11) is 1.80. The third kappa shape index (κ3) is 2.06. The fourth-order valence-electron chi connectivity index (χ4n) is 4.09. The number of ether oxygens (including phenoxy) is 1. The highest BCUT2D eigenvalue weighted by Crippen LogP contribution is 2.41. The van der Waals surface area contributed by atoms with Gasteiger partial charge < -0.3 is 4.74 Å². The van der Waals surface area contributed by atoms with Gasteiger partial charge in [0, 0.05) is 12.6 Å². The summed E-state index contributed by atoms with van der Waals surface area (Å²) in [4.78, 5) is 2.78. The molecule has 0 N–H and O–H groups in total. The van der Waals surface area contributed by atoms with Crippen LogP contribution in [0.1, 0.15) is 30.4 Å². The normalized spacial score (nSPS) is 29.9. The van der Waals surface area contributed by atoms with Gasteiger partial charge >= 0.3 is 0 Å². The second kappa shape index (κ2) is 4.52. The fraction of sp³-hybridized carbons (Fsp3) is 0.647. The molecule has 19 heavy (non-hydrogen) atoms. The molecule has 2 heteroatoms. The molecule has 1 saturated carbocycles. The average molecular weight is 257 g/mol.